The average Bonchev–Trinajstić information content (AvgIpc) is 3.08. The second-order valence-corrected chi connectivity index (χ2v) is 6.29. The number of fused-ring (bicyclic) bond motifs is 1. The molecule has 0 unspecified atom stereocenters. The Hall–Kier alpha value is -2.99. The highest BCUT2D eigenvalue weighted by molar-refractivity contribution is 5.73. The standard InChI is InChI=1S/C19H20N6O2/c1-26-27-24-10-6-15(7-11-24)19-23-16(5-4-14-3-2-8-21-13-14)17-18(20)22-9-12-25(17)19/h2-3,8-9,12-13,15H,6-7,10-11H2,1H3,(H2,20,22). The summed E-state index contributed by atoms with van der Waals surface area (Å²) >= 11 is 0. The Bertz CT molecular complexity index is 984. The minimum atomic E-state index is 0.282. The third-order valence-electron chi connectivity index (χ3n) is 4.60. The lowest BCUT2D eigenvalue weighted by atomic mass is 9.97. The molecule has 2 N–H and O–H groups in total. The molecule has 0 aliphatic carbocycles. The van der Waals surface area contributed by atoms with E-state index in [-0.39, 0.29) is 5.92 Å². The van der Waals surface area contributed by atoms with Crippen LogP contribution in [0.1, 0.15) is 35.8 Å². The van der Waals surface area contributed by atoms with Crippen LogP contribution in [0, 0.1) is 11.8 Å². The maximum atomic E-state index is 6.13. The SMILES string of the molecule is COON1CCC(c2nc(C#Cc3cccnc3)c3c(N)nccn23)CC1. The van der Waals surface area contributed by atoms with Gasteiger partial charge in [-0.1, -0.05) is 5.92 Å². The van der Waals surface area contributed by atoms with E-state index in [1.54, 1.807) is 18.6 Å². The van der Waals surface area contributed by atoms with Crippen LogP contribution in [-0.4, -0.2) is 44.6 Å². The van der Waals surface area contributed by atoms with Crippen molar-refractivity contribution in [1.82, 2.24) is 24.4 Å². The number of hydrogen-bond donors (Lipinski definition) is 1. The van der Waals surface area contributed by atoms with Gasteiger partial charge in [-0.05, 0) is 30.9 Å². The van der Waals surface area contributed by atoms with Crippen molar-refractivity contribution in [2.75, 3.05) is 25.9 Å². The lowest BCUT2D eigenvalue weighted by Crippen LogP contribution is -2.33. The number of piperidine rings is 1. The van der Waals surface area contributed by atoms with Crippen molar-refractivity contribution >= 4 is 11.3 Å². The largest absolute Gasteiger partial charge is 0.382 e. The molecule has 0 spiro atoms. The summed E-state index contributed by atoms with van der Waals surface area (Å²) in [5, 5.41) is 1.81. The van der Waals surface area contributed by atoms with Gasteiger partial charge in [-0.3, -0.25) is 9.38 Å². The van der Waals surface area contributed by atoms with Crippen molar-refractivity contribution < 1.29 is 9.88 Å². The van der Waals surface area contributed by atoms with Crippen LogP contribution in [-0.2, 0) is 9.88 Å². The zero-order chi connectivity index (χ0) is 18.6. The number of hydrogen-bond acceptors (Lipinski definition) is 7. The fourth-order valence-electron chi connectivity index (χ4n) is 3.32. The quantitative estimate of drug-likeness (QED) is 0.430. The molecule has 0 aromatic carbocycles. The van der Waals surface area contributed by atoms with Crippen molar-refractivity contribution in [2.24, 2.45) is 0 Å². The van der Waals surface area contributed by atoms with Gasteiger partial charge in [-0.25, -0.2) is 14.9 Å². The van der Waals surface area contributed by atoms with E-state index in [0.717, 1.165) is 42.8 Å². The number of anilines is 1. The Morgan fingerprint density at radius 1 is 1.22 bits per heavy atom. The average molecular weight is 364 g/mol. The van der Waals surface area contributed by atoms with E-state index in [2.05, 4.69) is 21.8 Å². The number of hydroxylamine groups is 2. The smallest absolute Gasteiger partial charge is 0.150 e. The Kier molecular flexibility index (Phi) is 4.98. The molecule has 3 aromatic rings. The fourth-order valence-corrected chi connectivity index (χ4v) is 3.32. The number of nitrogens with two attached hydrogens (primary N) is 1. The second-order valence-electron chi connectivity index (χ2n) is 6.29. The molecule has 1 aliphatic rings. The van der Waals surface area contributed by atoms with Crippen LogP contribution in [0.2, 0.25) is 0 Å². The van der Waals surface area contributed by atoms with E-state index >= 15 is 0 Å². The van der Waals surface area contributed by atoms with Crippen molar-refractivity contribution in [3.05, 3.63) is 54.0 Å². The minimum Gasteiger partial charge on any atom is -0.382 e. The van der Waals surface area contributed by atoms with Gasteiger partial charge in [0.25, 0.3) is 0 Å². The minimum absolute atomic E-state index is 0.282. The van der Waals surface area contributed by atoms with E-state index in [9.17, 15) is 0 Å². The van der Waals surface area contributed by atoms with Crippen molar-refractivity contribution in [2.45, 2.75) is 18.8 Å². The molecule has 8 heteroatoms. The Balaban J connectivity index is 1.69. The third-order valence-corrected chi connectivity index (χ3v) is 4.60. The van der Waals surface area contributed by atoms with E-state index < -0.39 is 0 Å². The molecule has 0 saturated carbocycles. The van der Waals surface area contributed by atoms with Gasteiger partial charge < -0.3 is 5.73 Å². The molecular formula is C19H20N6O2. The van der Waals surface area contributed by atoms with Crippen LogP contribution in [0.4, 0.5) is 5.82 Å². The first kappa shape index (κ1) is 17.4. The predicted molar refractivity (Wildman–Crippen MR) is 99.3 cm³/mol. The van der Waals surface area contributed by atoms with Gasteiger partial charge in [0.15, 0.2) is 5.82 Å². The van der Waals surface area contributed by atoms with Crippen molar-refractivity contribution in [3.63, 3.8) is 0 Å². The third kappa shape index (κ3) is 3.61. The van der Waals surface area contributed by atoms with Gasteiger partial charge in [0.2, 0.25) is 0 Å². The van der Waals surface area contributed by atoms with Crippen LogP contribution >= 0.6 is 0 Å². The first-order valence-electron chi connectivity index (χ1n) is 8.76. The molecular weight excluding hydrogens is 344 g/mol. The molecule has 4 heterocycles. The van der Waals surface area contributed by atoms with Gasteiger partial charge in [-0.15, -0.1) is 4.99 Å². The summed E-state index contributed by atoms with van der Waals surface area (Å²) in [6.07, 6.45) is 8.83. The zero-order valence-corrected chi connectivity index (χ0v) is 15.0. The van der Waals surface area contributed by atoms with Crippen molar-refractivity contribution in [1.29, 1.82) is 0 Å². The van der Waals surface area contributed by atoms with E-state index in [0.29, 0.717) is 11.5 Å². The Morgan fingerprint density at radius 2 is 2.07 bits per heavy atom. The normalized spacial score (nSPS) is 15.6. The van der Waals surface area contributed by atoms with Gasteiger partial charge in [0.05, 0.1) is 7.11 Å². The lowest BCUT2D eigenvalue weighted by molar-refractivity contribution is -0.416. The molecule has 0 atom stereocenters. The first-order chi connectivity index (χ1) is 13.3. The zero-order valence-electron chi connectivity index (χ0n) is 15.0. The van der Waals surface area contributed by atoms with Crippen LogP contribution in [0.5, 0.6) is 0 Å². The van der Waals surface area contributed by atoms with Crippen LogP contribution < -0.4 is 5.73 Å². The highest BCUT2D eigenvalue weighted by atomic mass is 17.3. The highest BCUT2D eigenvalue weighted by Crippen LogP contribution is 2.30. The highest BCUT2D eigenvalue weighted by Gasteiger charge is 2.26. The first-order valence-corrected chi connectivity index (χ1v) is 8.76. The number of pyridine rings is 1. The molecule has 8 nitrogen and oxygen atoms in total. The molecule has 1 fully saturated rings. The second kappa shape index (κ2) is 7.72. The predicted octanol–water partition coefficient (Wildman–Crippen LogP) is 1.78. The van der Waals surface area contributed by atoms with E-state index in [4.69, 9.17) is 20.6 Å². The monoisotopic (exact) mass is 364 g/mol. The number of aromatic nitrogens is 4. The van der Waals surface area contributed by atoms with Gasteiger partial charge in [-0.2, -0.15) is 5.06 Å². The molecule has 1 aliphatic heterocycles. The van der Waals surface area contributed by atoms with Gasteiger partial charge in [0, 0.05) is 49.4 Å². The summed E-state index contributed by atoms with van der Waals surface area (Å²) in [5.41, 5.74) is 8.34. The Morgan fingerprint density at radius 3 is 2.81 bits per heavy atom. The molecule has 138 valence electrons. The van der Waals surface area contributed by atoms with E-state index in [1.165, 1.54) is 7.11 Å². The number of nitrogen functional groups attached to an aromatic ring is 1. The van der Waals surface area contributed by atoms with E-state index in [1.807, 2.05) is 27.8 Å². The molecule has 0 radical (unpaired) electrons. The lowest BCUT2D eigenvalue weighted by Gasteiger charge is -2.28. The van der Waals surface area contributed by atoms with Crippen LogP contribution in [0.3, 0.4) is 0 Å². The maximum absolute atomic E-state index is 6.13. The maximum Gasteiger partial charge on any atom is 0.150 e. The summed E-state index contributed by atoms with van der Waals surface area (Å²) in [6, 6.07) is 3.76. The summed E-state index contributed by atoms with van der Waals surface area (Å²) in [6.45, 7) is 1.54. The molecule has 4 rings (SSSR count). The summed E-state index contributed by atoms with van der Waals surface area (Å²) in [5.74, 6) is 7.90. The summed E-state index contributed by atoms with van der Waals surface area (Å²) in [7, 11) is 1.51. The van der Waals surface area contributed by atoms with Crippen LogP contribution in [0.25, 0.3) is 5.52 Å². The molecule has 1 saturated heterocycles. The van der Waals surface area contributed by atoms with Gasteiger partial charge >= 0.3 is 0 Å². The Labute approximate surface area is 156 Å². The molecule has 3 aromatic heterocycles. The fraction of sp³-hybridized carbons (Fsp3) is 0.316. The number of nitrogens with zero attached hydrogens (tertiary/aromatic N) is 5. The topological polar surface area (TPSA) is 90.8 Å². The molecule has 0 amide bonds. The summed E-state index contributed by atoms with van der Waals surface area (Å²) in [4.78, 5) is 23.0. The summed E-state index contributed by atoms with van der Waals surface area (Å²) < 4.78 is 2.01. The molecule has 27 heavy (non-hydrogen) atoms. The number of imidazole rings is 1. The van der Waals surface area contributed by atoms with Crippen molar-refractivity contribution in [3.8, 4) is 11.8 Å². The number of rotatable bonds is 3. The van der Waals surface area contributed by atoms with Crippen LogP contribution in [0.15, 0.2) is 36.9 Å². The van der Waals surface area contributed by atoms with Gasteiger partial charge in [0.1, 0.15) is 17.0 Å². The molecule has 0 bridgehead atoms.